The molecule has 1 aromatic heterocycles. The highest BCUT2D eigenvalue weighted by atomic mass is 79.9. The topological polar surface area (TPSA) is 75.3 Å². The van der Waals surface area contributed by atoms with Crippen LogP contribution in [0.4, 0.5) is 0 Å². The lowest BCUT2D eigenvalue weighted by Crippen LogP contribution is -2.42. The van der Waals surface area contributed by atoms with E-state index in [9.17, 15) is 4.79 Å². The zero-order chi connectivity index (χ0) is 10.7. The Morgan fingerprint density at radius 3 is 2.71 bits per heavy atom. The third-order valence-corrected chi connectivity index (χ3v) is 3.58. The highest BCUT2D eigenvalue weighted by Crippen LogP contribution is 2.27. The van der Waals surface area contributed by atoms with Gasteiger partial charge in [0.05, 0.1) is 9.83 Å². The fourth-order valence-electron chi connectivity index (χ4n) is 1.13. The lowest BCUT2D eigenvalue weighted by molar-refractivity contribution is -0.139. The third-order valence-electron chi connectivity index (χ3n) is 1.86. The third kappa shape index (κ3) is 2.54. The molecule has 1 rings (SSSR count). The molecule has 4 nitrogen and oxygen atoms in total. The minimum atomic E-state index is -0.940. The maximum absolute atomic E-state index is 10.8. The van der Waals surface area contributed by atoms with E-state index in [1.165, 1.54) is 11.3 Å². The summed E-state index contributed by atoms with van der Waals surface area (Å²) >= 11 is 4.75. The summed E-state index contributed by atoms with van der Waals surface area (Å²) in [5, 5.41) is 11.5. The minimum Gasteiger partial charge on any atom is -0.480 e. The lowest BCUT2D eigenvalue weighted by Gasteiger charge is -2.17. The molecule has 0 fully saturated rings. The SMILES string of the molecule is CNC(C(=O)O)C(N)c1ccc(Br)s1. The Morgan fingerprint density at radius 2 is 2.36 bits per heavy atom. The molecule has 4 N–H and O–H groups in total. The molecule has 2 atom stereocenters. The van der Waals surface area contributed by atoms with Crippen LogP contribution in [-0.2, 0) is 4.79 Å². The number of nitrogens with two attached hydrogens (primary N) is 1. The Labute approximate surface area is 94.2 Å². The van der Waals surface area contributed by atoms with Crippen LogP contribution in [0.2, 0.25) is 0 Å². The smallest absolute Gasteiger partial charge is 0.322 e. The fraction of sp³-hybridized carbons (Fsp3) is 0.375. The van der Waals surface area contributed by atoms with Crippen LogP contribution in [0.5, 0.6) is 0 Å². The van der Waals surface area contributed by atoms with Gasteiger partial charge >= 0.3 is 5.97 Å². The van der Waals surface area contributed by atoms with E-state index in [4.69, 9.17) is 10.8 Å². The number of hydrogen-bond donors (Lipinski definition) is 3. The zero-order valence-corrected chi connectivity index (χ0v) is 9.93. The van der Waals surface area contributed by atoms with Crippen LogP contribution in [0, 0.1) is 0 Å². The fourth-order valence-corrected chi connectivity index (χ4v) is 2.59. The Kier molecular flexibility index (Phi) is 4.06. The first-order valence-corrected chi connectivity index (χ1v) is 5.58. The van der Waals surface area contributed by atoms with Crippen molar-refractivity contribution in [2.45, 2.75) is 12.1 Å². The molecule has 0 saturated carbocycles. The second-order valence-corrected chi connectivity index (χ2v) is 5.27. The predicted molar refractivity (Wildman–Crippen MR) is 59.4 cm³/mol. The number of rotatable bonds is 4. The molecule has 0 bridgehead atoms. The highest BCUT2D eigenvalue weighted by molar-refractivity contribution is 9.11. The molecule has 0 aliphatic rings. The van der Waals surface area contributed by atoms with Crippen molar-refractivity contribution in [3.05, 3.63) is 20.8 Å². The molecular formula is C8H11BrN2O2S. The number of nitrogens with one attached hydrogen (secondary N) is 1. The first kappa shape index (κ1) is 11.6. The van der Waals surface area contributed by atoms with E-state index < -0.39 is 18.1 Å². The molecule has 0 radical (unpaired) electrons. The summed E-state index contributed by atoms with van der Waals surface area (Å²) in [4.78, 5) is 11.6. The van der Waals surface area contributed by atoms with Crippen molar-refractivity contribution < 1.29 is 9.90 Å². The molecule has 0 saturated heterocycles. The maximum atomic E-state index is 10.8. The summed E-state index contributed by atoms with van der Waals surface area (Å²) in [6, 6.07) is 2.41. The minimum absolute atomic E-state index is 0.520. The molecule has 0 aromatic carbocycles. The van der Waals surface area contributed by atoms with E-state index in [-0.39, 0.29) is 0 Å². The number of halogens is 1. The molecule has 14 heavy (non-hydrogen) atoms. The van der Waals surface area contributed by atoms with Crippen molar-refractivity contribution >= 4 is 33.2 Å². The van der Waals surface area contributed by atoms with Gasteiger partial charge in [0.15, 0.2) is 0 Å². The molecule has 1 heterocycles. The van der Waals surface area contributed by atoms with Crippen molar-refractivity contribution in [1.82, 2.24) is 5.32 Å². The van der Waals surface area contributed by atoms with Gasteiger partial charge in [-0.3, -0.25) is 4.79 Å². The van der Waals surface area contributed by atoms with Crippen LogP contribution in [0.3, 0.4) is 0 Å². The quantitative estimate of drug-likeness (QED) is 0.773. The monoisotopic (exact) mass is 278 g/mol. The van der Waals surface area contributed by atoms with Gasteiger partial charge in [0, 0.05) is 4.88 Å². The largest absolute Gasteiger partial charge is 0.480 e. The van der Waals surface area contributed by atoms with Gasteiger partial charge in [0.2, 0.25) is 0 Å². The van der Waals surface area contributed by atoms with Gasteiger partial charge < -0.3 is 16.2 Å². The van der Waals surface area contributed by atoms with Crippen molar-refractivity contribution in [1.29, 1.82) is 0 Å². The molecule has 1 aromatic rings. The average Bonchev–Trinajstić information content (AvgIpc) is 2.52. The van der Waals surface area contributed by atoms with E-state index in [1.807, 2.05) is 12.1 Å². The summed E-state index contributed by atoms with van der Waals surface area (Å²) in [5.74, 6) is -0.940. The van der Waals surface area contributed by atoms with Gasteiger partial charge in [0.1, 0.15) is 6.04 Å². The average molecular weight is 279 g/mol. The zero-order valence-electron chi connectivity index (χ0n) is 7.53. The Balaban J connectivity index is 2.82. The number of carbonyl (C=O) groups is 1. The second kappa shape index (κ2) is 4.88. The maximum Gasteiger partial charge on any atom is 0.322 e. The molecule has 2 unspecified atom stereocenters. The summed E-state index contributed by atoms with van der Waals surface area (Å²) in [7, 11) is 1.58. The van der Waals surface area contributed by atoms with Crippen molar-refractivity contribution in [2.24, 2.45) is 5.73 Å². The normalized spacial score (nSPS) is 15.1. The van der Waals surface area contributed by atoms with Crippen LogP contribution in [0.15, 0.2) is 15.9 Å². The van der Waals surface area contributed by atoms with Crippen LogP contribution in [0.25, 0.3) is 0 Å². The van der Waals surface area contributed by atoms with E-state index in [0.29, 0.717) is 0 Å². The van der Waals surface area contributed by atoms with Gasteiger partial charge in [-0.2, -0.15) is 0 Å². The predicted octanol–water partition coefficient (Wildman–Crippen LogP) is 1.18. The van der Waals surface area contributed by atoms with Gasteiger partial charge in [-0.05, 0) is 35.1 Å². The van der Waals surface area contributed by atoms with Gasteiger partial charge in [-0.15, -0.1) is 11.3 Å². The number of aliphatic carboxylic acids is 1. The number of carboxylic acid groups (broad SMARTS) is 1. The van der Waals surface area contributed by atoms with Gasteiger partial charge in [0.25, 0.3) is 0 Å². The van der Waals surface area contributed by atoms with E-state index in [2.05, 4.69) is 21.2 Å². The number of hydrogen-bond acceptors (Lipinski definition) is 4. The first-order chi connectivity index (χ1) is 6.56. The van der Waals surface area contributed by atoms with Crippen molar-refractivity contribution in [2.75, 3.05) is 7.05 Å². The Hall–Kier alpha value is -0.430. The molecule has 0 spiro atoms. The first-order valence-electron chi connectivity index (χ1n) is 3.97. The van der Waals surface area contributed by atoms with E-state index in [1.54, 1.807) is 7.05 Å². The van der Waals surface area contributed by atoms with Crippen LogP contribution >= 0.6 is 27.3 Å². The Bertz CT molecular complexity index is 329. The molecular weight excluding hydrogens is 268 g/mol. The molecule has 0 aliphatic heterocycles. The van der Waals surface area contributed by atoms with E-state index in [0.717, 1.165) is 8.66 Å². The summed E-state index contributed by atoms with van der Waals surface area (Å²) in [6.07, 6.45) is 0. The van der Waals surface area contributed by atoms with Gasteiger partial charge in [-0.25, -0.2) is 0 Å². The second-order valence-electron chi connectivity index (χ2n) is 2.77. The van der Waals surface area contributed by atoms with Gasteiger partial charge in [-0.1, -0.05) is 0 Å². The lowest BCUT2D eigenvalue weighted by atomic mass is 10.1. The van der Waals surface area contributed by atoms with Crippen LogP contribution in [0.1, 0.15) is 10.9 Å². The molecule has 6 heteroatoms. The van der Waals surface area contributed by atoms with Crippen molar-refractivity contribution in [3.8, 4) is 0 Å². The summed E-state index contributed by atoms with van der Waals surface area (Å²) in [6.45, 7) is 0. The molecule has 78 valence electrons. The number of likely N-dealkylation sites (N-methyl/N-ethyl adjacent to an activating group) is 1. The summed E-state index contributed by atoms with van der Waals surface area (Å²) in [5.41, 5.74) is 5.81. The number of thiophene rings is 1. The molecule has 0 amide bonds. The molecule has 0 aliphatic carbocycles. The highest BCUT2D eigenvalue weighted by Gasteiger charge is 2.25. The number of carboxylic acids is 1. The van der Waals surface area contributed by atoms with Crippen LogP contribution < -0.4 is 11.1 Å². The van der Waals surface area contributed by atoms with Crippen molar-refractivity contribution in [3.63, 3.8) is 0 Å². The summed E-state index contributed by atoms with van der Waals surface area (Å²) < 4.78 is 0.947. The van der Waals surface area contributed by atoms with E-state index >= 15 is 0 Å². The van der Waals surface area contributed by atoms with Crippen LogP contribution in [-0.4, -0.2) is 24.2 Å². The standard InChI is InChI=1S/C8H11BrN2O2S/c1-11-7(8(12)13)6(10)4-2-3-5(9)14-4/h2-3,6-7,11H,10H2,1H3,(H,12,13). The Morgan fingerprint density at radius 1 is 1.71 bits per heavy atom.